The molecule has 5 rings (SSSR count). The molecule has 1 aromatic carbocycles. The summed E-state index contributed by atoms with van der Waals surface area (Å²) in [6.45, 7) is 8.85. The van der Waals surface area contributed by atoms with Gasteiger partial charge in [0.25, 0.3) is 11.8 Å². The van der Waals surface area contributed by atoms with Crippen LogP contribution in [-0.4, -0.2) is 49.4 Å². The molecular weight excluding hydrogens is 498 g/mol. The summed E-state index contributed by atoms with van der Waals surface area (Å²) < 4.78 is 8.86. The highest BCUT2D eigenvalue weighted by Crippen LogP contribution is 2.26. The first kappa shape index (κ1) is 26.0. The number of ether oxygens (including phenoxy) is 1. The number of hydrogen-bond acceptors (Lipinski definition) is 6. The Labute approximate surface area is 225 Å². The smallest absolute Gasteiger partial charge is 0.407 e. The second-order valence-electron chi connectivity index (χ2n) is 10.6. The fourth-order valence-corrected chi connectivity index (χ4v) is 4.41. The summed E-state index contributed by atoms with van der Waals surface area (Å²) in [4.78, 5) is 41.6. The molecule has 3 amide bonds. The maximum absolute atomic E-state index is 12.9. The van der Waals surface area contributed by atoms with Crippen LogP contribution in [0.5, 0.6) is 0 Å². The molecule has 0 spiro atoms. The molecule has 0 radical (unpaired) electrons. The number of anilines is 1. The average molecular weight is 530 g/mol. The van der Waals surface area contributed by atoms with E-state index in [4.69, 9.17) is 4.74 Å². The molecule has 39 heavy (non-hydrogen) atoms. The van der Waals surface area contributed by atoms with Crippen molar-refractivity contribution in [1.82, 2.24) is 30.0 Å². The van der Waals surface area contributed by atoms with Crippen molar-refractivity contribution in [2.75, 3.05) is 11.9 Å². The van der Waals surface area contributed by atoms with Crippen molar-refractivity contribution >= 4 is 34.6 Å². The highest BCUT2D eigenvalue weighted by Gasteiger charge is 2.25. The van der Waals surface area contributed by atoms with Crippen LogP contribution in [0.2, 0.25) is 0 Å². The fourth-order valence-electron chi connectivity index (χ4n) is 4.41. The Kier molecular flexibility index (Phi) is 6.81. The van der Waals surface area contributed by atoms with Gasteiger partial charge in [0.1, 0.15) is 22.6 Å². The third-order valence-corrected chi connectivity index (χ3v) is 6.24. The van der Waals surface area contributed by atoms with Gasteiger partial charge in [-0.3, -0.25) is 14.3 Å². The van der Waals surface area contributed by atoms with E-state index in [1.165, 1.54) is 0 Å². The van der Waals surface area contributed by atoms with Gasteiger partial charge in [0.15, 0.2) is 0 Å². The molecule has 202 valence electrons. The second-order valence-corrected chi connectivity index (χ2v) is 10.6. The van der Waals surface area contributed by atoms with Crippen molar-refractivity contribution in [3.63, 3.8) is 0 Å². The Morgan fingerprint density at radius 1 is 1.13 bits per heavy atom. The van der Waals surface area contributed by atoms with Crippen LogP contribution in [0.1, 0.15) is 65.8 Å². The summed E-state index contributed by atoms with van der Waals surface area (Å²) in [5.41, 5.74) is 3.38. The minimum atomic E-state index is -0.541. The lowest BCUT2D eigenvalue weighted by molar-refractivity contribution is 0.0523. The number of amides is 3. The Balaban J connectivity index is 1.20. The molecule has 4 aromatic rings. The van der Waals surface area contributed by atoms with Crippen molar-refractivity contribution in [3.05, 3.63) is 77.4 Å². The number of benzene rings is 1. The summed E-state index contributed by atoms with van der Waals surface area (Å²) >= 11 is 0. The number of carbonyl (C=O) groups is 3. The molecular formula is C28H31N7O4. The molecule has 0 saturated heterocycles. The Hall–Kier alpha value is -4.67. The summed E-state index contributed by atoms with van der Waals surface area (Å²) in [7, 11) is 0. The van der Waals surface area contributed by atoms with Crippen molar-refractivity contribution in [1.29, 1.82) is 0 Å². The molecule has 4 heterocycles. The lowest BCUT2D eigenvalue weighted by Crippen LogP contribution is -2.37. The minimum Gasteiger partial charge on any atom is -0.444 e. The SMILES string of the molecule is C[C@@H]1CNC(=O)c2cc3ccc(C(=O)Nc4cnn(Cc5ccc(CNC(=O)OC(C)(C)C)cc5)c4)nc3n21. The highest BCUT2D eigenvalue weighted by atomic mass is 16.6. The van der Waals surface area contributed by atoms with Gasteiger partial charge in [-0.05, 0) is 57.0 Å². The molecule has 1 atom stereocenters. The van der Waals surface area contributed by atoms with E-state index in [9.17, 15) is 14.4 Å². The lowest BCUT2D eigenvalue weighted by Gasteiger charge is -2.23. The molecule has 0 unspecified atom stereocenters. The monoisotopic (exact) mass is 529 g/mol. The van der Waals surface area contributed by atoms with Gasteiger partial charge in [0, 0.05) is 24.7 Å². The van der Waals surface area contributed by atoms with Crippen molar-refractivity contribution in [2.24, 2.45) is 0 Å². The first-order valence-electron chi connectivity index (χ1n) is 12.7. The Morgan fingerprint density at radius 3 is 2.62 bits per heavy atom. The van der Waals surface area contributed by atoms with E-state index in [-0.39, 0.29) is 23.6 Å². The van der Waals surface area contributed by atoms with Crippen LogP contribution >= 0.6 is 0 Å². The standard InChI is InChI=1S/C28H31N7O4/c1-17-12-29-26(37)23-11-20-9-10-22(33-24(20)35(17)23)25(36)32-21-14-31-34(16-21)15-19-7-5-18(6-8-19)13-30-27(38)39-28(2,3)4/h5-11,14,16-17H,12-13,15H2,1-4H3,(H,29,37)(H,30,38)(H,32,36)/t17-/m1/s1. The first-order valence-corrected chi connectivity index (χ1v) is 12.7. The molecule has 1 aliphatic heterocycles. The summed E-state index contributed by atoms with van der Waals surface area (Å²) in [6.07, 6.45) is 2.88. The molecule has 1 aliphatic rings. The number of carbonyl (C=O) groups excluding carboxylic acids is 3. The van der Waals surface area contributed by atoms with Gasteiger partial charge < -0.3 is 25.3 Å². The van der Waals surface area contributed by atoms with Gasteiger partial charge in [-0.15, -0.1) is 0 Å². The van der Waals surface area contributed by atoms with Crippen LogP contribution in [0.25, 0.3) is 11.0 Å². The number of pyridine rings is 1. The molecule has 0 fully saturated rings. The normalized spacial score (nSPS) is 15.0. The van der Waals surface area contributed by atoms with E-state index in [2.05, 4.69) is 26.0 Å². The van der Waals surface area contributed by atoms with E-state index in [1.54, 1.807) is 35.3 Å². The quantitative estimate of drug-likeness (QED) is 0.348. The van der Waals surface area contributed by atoms with Crippen molar-refractivity contribution < 1.29 is 19.1 Å². The minimum absolute atomic E-state index is 0.0366. The number of fused-ring (bicyclic) bond motifs is 3. The van der Waals surface area contributed by atoms with Crippen molar-refractivity contribution in [2.45, 2.75) is 52.4 Å². The van der Waals surface area contributed by atoms with E-state index in [1.807, 2.05) is 56.5 Å². The van der Waals surface area contributed by atoms with Crippen LogP contribution in [0.15, 0.2) is 54.9 Å². The number of nitrogens with one attached hydrogen (secondary N) is 3. The van der Waals surface area contributed by atoms with Crippen LogP contribution in [0, 0.1) is 0 Å². The van der Waals surface area contributed by atoms with Gasteiger partial charge in [-0.1, -0.05) is 24.3 Å². The van der Waals surface area contributed by atoms with Crippen LogP contribution in [0.4, 0.5) is 10.5 Å². The molecule has 11 heteroatoms. The topological polar surface area (TPSA) is 132 Å². The molecule has 3 N–H and O–H groups in total. The van der Waals surface area contributed by atoms with E-state index < -0.39 is 11.7 Å². The molecule has 0 saturated carbocycles. The highest BCUT2D eigenvalue weighted by molar-refractivity contribution is 6.04. The van der Waals surface area contributed by atoms with Crippen molar-refractivity contribution in [3.8, 4) is 0 Å². The van der Waals surface area contributed by atoms with Crippen LogP contribution in [-0.2, 0) is 17.8 Å². The summed E-state index contributed by atoms with van der Waals surface area (Å²) in [5.74, 6) is -0.502. The zero-order valence-electron chi connectivity index (χ0n) is 22.3. The zero-order chi connectivity index (χ0) is 27.7. The Bertz CT molecular complexity index is 1550. The van der Waals surface area contributed by atoms with E-state index in [0.29, 0.717) is 36.7 Å². The van der Waals surface area contributed by atoms with Gasteiger partial charge in [0.2, 0.25) is 0 Å². The largest absolute Gasteiger partial charge is 0.444 e. The predicted octanol–water partition coefficient (Wildman–Crippen LogP) is 3.86. The number of alkyl carbamates (subject to hydrolysis) is 1. The molecule has 0 bridgehead atoms. The van der Waals surface area contributed by atoms with Gasteiger partial charge in [-0.25, -0.2) is 9.78 Å². The van der Waals surface area contributed by atoms with E-state index in [0.717, 1.165) is 16.5 Å². The number of rotatable bonds is 6. The van der Waals surface area contributed by atoms with Crippen LogP contribution in [0.3, 0.4) is 0 Å². The summed E-state index contributed by atoms with van der Waals surface area (Å²) in [6, 6.07) is 13.1. The average Bonchev–Trinajstić information content (AvgIpc) is 3.49. The maximum atomic E-state index is 12.9. The second kappa shape index (κ2) is 10.2. The van der Waals surface area contributed by atoms with E-state index >= 15 is 0 Å². The lowest BCUT2D eigenvalue weighted by atomic mass is 10.1. The Morgan fingerprint density at radius 2 is 1.87 bits per heavy atom. The third kappa shape index (κ3) is 5.92. The number of nitrogens with zero attached hydrogens (tertiary/aromatic N) is 4. The maximum Gasteiger partial charge on any atom is 0.407 e. The third-order valence-electron chi connectivity index (χ3n) is 6.24. The number of hydrogen-bond donors (Lipinski definition) is 3. The fraction of sp³-hybridized carbons (Fsp3) is 0.321. The molecule has 3 aromatic heterocycles. The summed E-state index contributed by atoms with van der Waals surface area (Å²) in [5, 5.41) is 13.6. The van der Waals surface area contributed by atoms with Gasteiger partial charge in [-0.2, -0.15) is 5.10 Å². The first-order chi connectivity index (χ1) is 18.6. The molecule has 11 nitrogen and oxygen atoms in total. The number of aromatic nitrogens is 4. The van der Waals surface area contributed by atoms with Gasteiger partial charge >= 0.3 is 6.09 Å². The zero-order valence-corrected chi connectivity index (χ0v) is 22.3. The van der Waals surface area contributed by atoms with Crippen LogP contribution < -0.4 is 16.0 Å². The van der Waals surface area contributed by atoms with Gasteiger partial charge in [0.05, 0.1) is 24.5 Å². The molecule has 0 aliphatic carbocycles. The predicted molar refractivity (Wildman–Crippen MR) is 146 cm³/mol.